The predicted octanol–water partition coefficient (Wildman–Crippen LogP) is 0.805. The number of hydrogen-bond acceptors (Lipinski definition) is 3. The van der Waals surface area contributed by atoms with Gasteiger partial charge in [-0.1, -0.05) is 0 Å². The van der Waals surface area contributed by atoms with Crippen LogP contribution in [0.4, 0.5) is 16.3 Å². The average molecular weight is 180 g/mol. The second-order valence-corrected chi connectivity index (χ2v) is 2.46. The highest BCUT2D eigenvalue weighted by Gasteiger charge is 1.99. The van der Waals surface area contributed by atoms with Crippen LogP contribution in [-0.4, -0.2) is 17.6 Å². The van der Waals surface area contributed by atoms with E-state index in [0.29, 0.717) is 18.1 Å². The summed E-state index contributed by atoms with van der Waals surface area (Å²) in [5, 5.41) is 5.14. The normalized spacial score (nSPS) is 9.31. The number of nitrogens with one attached hydrogen (secondary N) is 2. The maximum Gasteiger partial charge on any atom is 0.320 e. The number of nitrogen functional groups attached to an aromatic ring is 1. The number of urea groups is 1. The third-order valence-corrected chi connectivity index (χ3v) is 1.37. The minimum absolute atomic E-state index is 0.264. The summed E-state index contributed by atoms with van der Waals surface area (Å²) in [4.78, 5) is 14.9. The first-order valence-electron chi connectivity index (χ1n) is 3.98. The highest BCUT2D eigenvalue weighted by atomic mass is 16.2. The van der Waals surface area contributed by atoms with Crippen molar-refractivity contribution in [3.8, 4) is 0 Å². The smallest absolute Gasteiger partial charge is 0.320 e. The molecule has 0 aliphatic heterocycles. The number of carbonyl (C=O) groups excluding carboxylic acids is 1. The molecule has 4 N–H and O–H groups in total. The van der Waals surface area contributed by atoms with Gasteiger partial charge >= 0.3 is 6.03 Å². The number of amides is 2. The molecule has 0 saturated heterocycles. The number of anilines is 2. The van der Waals surface area contributed by atoms with Gasteiger partial charge in [0.05, 0.1) is 11.9 Å². The van der Waals surface area contributed by atoms with Crippen LogP contribution in [0.5, 0.6) is 0 Å². The van der Waals surface area contributed by atoms with Crippen LogP contribution in [0.2, 0.25) is 0 Å². The first-order valence-corrected chi connectivity index (χ1v) is 3.98. The van der Waals surface area contributed by atoms with Crippen molar-refractivity contribution in [1.82, 2.24) is 10.3 Å². The molecule has 1 rings (SSSR count). The van der Waals surface area contributed by atoms with Crippen LogP contribution in [-0.2, 0) is 0 Å². The van der Waals surface area contributed by atoms with Gasteiger partial charge in [-0.15, -0.1) is 0 Å². The Morgan fingerprint density at radius 1 is 1.62 bits per heavy atom. The molecule has 0 aromatic carbocycles. The Balaban J connectivity index is 2.54. The molecule has 1 heterocycles. The van der Waals surface area contributed by atoms with Gasteiger partial charge in [-0.2, -0.15) is 0 Å². The number of nitrogens with zero attached hydrogens (tertiary/aromatic N) is 1. The molecule has 0 bridgehead atoms. The number of carbonyl (C=O) groups is 1. The Bertz CT molecular complexity index is 283. The third kappa shape index (κ3) is 2.98. The SMILES string of the molecule is CCNC(=O)Nc1ccc(N)cn1. The summed E-state index contributed by atoms with van der Waals surface area (Å²) in [6, 6.07) is 3.05. The highest BCUT2D eigenvalue weighted by molar-refractivity contribution is 5.88. The molecule has 0 unspecified atom stereocenters. The summed E-state index contributed by atoms with van der Waals surface area (Å²) in [6.07, 6.45) is 1.49. The largest absolute Gasteiger partial charge is 0.397 e. The van der Waals surface area contributed by atoms with Gasteiger partial charge in [0.2, 0.25) is 0 Å². The number of hydrogen-bond donors (Lipinski definition) is 3. The molecule has 0 spiro atoms. The average Bonchev–Trinajstić information content (AvgIpc) is 2.09. The summed E-state index contributed by atoms with van der Waals surface area (Å²) in [5.74, 6) is 0.486. The fourth-order valence-corrected chi connectivity index (χ4v) is 0.800. The van der Waals surface area contributed by atoms with Gasteiger partial charge in [0.1, 0.15) is 5.82 Å². The molecular formula is C8H12N4O. The van der Waals surface area contributed by atoms with Crippen molar-refractivity contribution in [2.45, 2.75) is 6.92 Å². The van der Waals surface area contributed by atoms with Gasteiger partial charge < -0.3 is 11.1 Å². The summed E-state index contributed by atoms with van der Waals surface area (Å²) >= 11 is 0. The molecule has 0 fully saturated rings. The predicted molar refractivity (Wildman–Crippen MR) is 51.3 cm³/mol. The van der Waals surface area contributed by atoms with E-state index in [1.54, 1.807) is 12.1 Å². The second kappa shape index (κ2) is 4.30. The van der Waals surface area contributed by atoms with Crippen LogP contribution < -0.4 is 16.4 Å². The fraction of sp³-hybridized carbons (Fsp3) is 0.250. The molecule has 70 valence electrons. The van der Waals surface area contributed by atoms with Crippen LogP contribution in [0, 0.1) is 0 Å². The van der Waals surface area contributed by atoms with E-state index in [1.807, 2.05) is 6.92 Å². The van der Waals surface area contributed by atoms with Crippen LogP contribution >= 0.6 is 0 Å². The number of pyridine rings is 1. The summed E-state index contributed by atoms with van der Waals surface area (Å²) in [7, 11) is 0. The van der Waals surface area contributed by atoms with Gasteiger partial charge in [-0.05, 0) is 19.1 Å². The Hall–Kier alpha value is -1.78. The van der Waals surface area contributed by atoms with Gasteiger partial charge in [0, 0.05) is 6.54 Å². The van der Waals surface area contributed by atoms with E-state index >= 15 is 0 Å². The monoisotopic (exact) mass is 180 g/mol. The zero-order valence-corrected chi connectivity index (χ0v) is 7.37. The zero-order valence-electron chi connectivity index (χ0n) is 7.37. The minimum atomic E-state index is -0.264. The van der Waals surface area contributed by atoms with E-state index in [1.165, 1.54) is 6.20 Å². The molecule has 0 radical (unpaired) electrons. The topological polar surface area (TPSA) is 80.0 Å². The van der Waals surface area contributed by atoms with Gasteiger partial charge in [0.25, 0.3) is 0 Å². The van der Waals surface area contributed by atoms with Crippen molar-refractivity contribution < 1.29 is 4.79 Å². The molecule has 0 saturated carbocycles. The lowest BCUT2D eigenvalue weighted by atomic mass is 10.4. The molecule has 13 heavy (non-hydrogen) atoms. The summed E-state index contributed by atoms with van der Waals surface area (Å²) in [6.45, 7) is 2.43. The summed E-state index contributed by atoms with van der Waals surface area (Å²) < 4.78 is 0. The van der Waals surface area contributed by atoms with Crippen molar-refractivity contribution in [3.63, 3.8) is 0 Å². The van der Waals surface area contributed by atoms with E-state index in [0.717, 1.165) is 0 Å². The van der Waals surface area contributed by atoms with E-state index < -0.39 is 0 Å². The number of aromatic nitrogens is 1. The molecular weight excluding hydrogens is 168 g/mol. The standard InChI is InChI=1S/C8H12N4O/c1-2-10-8(13)12-7-4-3-6(9)5-11-7/h3-5H,2,9H2,1H3,(H2,10,11,12,13). The third-order valence-electron chi connectivity index (χ3n) is 1.37. The molecule has 0 aliphatic carbocycles. The highest BCUT2D eigenvalue weighted by Crippen LogP contribution is 2.04. The number of rotatable bonds is 2. The van der Waals surface area contributed by atoms with Crippen molar-refractivity contribution in [1.29, 1.82) is 0 Å². The Kier molecular flexibility index (Phi) is 3.08. The molecule has 1 aromatic heterocycles. The second-order valence-electron chi connectivity index (χ2n) is 2.46. The van der Waals surface area contributed by atoms with Crippen molar-refractivity contribution in [2.24, 2.45) is 0 Å². The van der Waals surface area contributed by atoms with E-state index in [9.17, 15) is 4.79 Å². The van der Waals surface area contributed by atoms with Crippen LogP contribution in [0.1, 0.15) is 6.92 Å². The maximum absolute atomic E-state index is 11.0. The fourth-order valence-electron chi connectivity index (χ4n) is 0.800. The lowest BCUT2D eigenvalue weighted by Crippen LogP contribution is -2.28. The minimum Gasteiger partial charge on any atom is -0.397 e. The molecule has 5 heteroatoms. The van der Waals surface area contributed by atoms with Crippen molar-refractivity contribution >= 4 is 17.5 Å². The van der Waals surface area contributed by atoms with Crippen molar-refractivity contribution in [2.75, 3.05) is 17.6 Å². The van der Waals surface area contributed by atoms with E-state index in [2.05, 4.69) is 15.6 Å². The van der Waals surface area contributed by atoms with Gasteiger partial charge in [-0.25, -0.2) is 9.78 Å². The molecule has 0 atom stereocenters. The number of nitrogens with two attached hydrogens (primary N) is 1. The van der Waals surface area contributed by atoms with E-state index in [-0.39, 0.29) is 6.03 Å². The molecule has 2 amide bonds. The first-order chi connectivity index (χ1) is 6.22. The lowest BCUT2D eigenvalue weighted by molar-refractivity contribution is 0.252. The summed E-state index contributed by atoms with van der Waals surface area (Å²) in [5.41, 5.74) is 6.00. The van der Waals surface area contributed by atoms with Crippen LogP contribution in [0.15, 0.2) is 18.3 Å². The quantitative estimate of drug-likeness (QED) is 0.630. The Morgan fingerprint density at radius 2 is 2.38 bits per heavy atom. The van der Waals surface area contributed by atoms with Crippen LogP contribution in [0.3, 0.4) is 0 Å². The van der Waals surface area contributed by atoms with Gasteiger partial charge in [0.15, 0.2) is 0 Å². The first kappa shape index (κ1) is 9.31. The Morgan fingerprint density at radius 3 is 2.92 bits per heavy atom. The maximum atomic E-state index is 11.0. The Labute approximate surface area is 76.3 Å². The zero-order chi connectivity index (χ0) is 9.68. The van der Waals surface area contributed by atoms with Crippen LogP contribution in [0.25, 0.3) is 0 Å². The molecule has 5 nitrogen and oxygen atoms in total. The van der Waals surface area contributed by atoms with Crippen molar-refractivity contribution in [3.05, 3.63) is 18.3 Å². The molecule has 1 aromatic rings. The van der Waals surface area contributed by atoms with Gasteiger partial charge in [-0.3, -0.25) is 5.32 Å². The molecule has 0 aliphatic rings. The van der Waals surface area contributed by atoms with E-state index in [4.69, 9.17) is 5.73 Å². The lowest BCUT2D eigenvalue weighted by Gasteiger charge is -2.04.